The summed E-state index contributed by atoms with van der Waals surface area (Å²) in [5.41, 5.74) is 0. The molecule has 0 amide bonds. The second kappa shape index (κ2) is 4.69. The van der Waals surface area contributed by atoms with Crippen LogP contribution in [0.5, 0.6) is 0 Å². The van der Waals surface area contributed by atoms with Crippen LogP contribution in [0.15, 0.2) is 0 Å². The largest absolute Gasteiger partial charge is 0.465 e. The van der Waals surface area contributed by atoms with Crippen molar-refractivity contribution < 1.29 is 19.7 Å². The van der Waals surface area contributed by atoms with Gasteiger partial charge < -0.3 is 14.9 Å². The number of ether oxygens (including phenoxy) is 1. The summed E-state index contributed by atoms with van der Waals surface area (Å²) >= 11 is 1.34. The lowest BCUT2D eigenvalue weighted by Crippen LogP contribution is -2.19. The topological polar surface area (TPSA) is 66.8 Å². The van der Waals surface area contributed by atoms with Crippen molar-refractivity contribution in [3.05, 3.63) is 0 Å². The molecule has 1 fully saturated rings. The molecule has 1 heterocycles. The molecule has 4 nitrogen and oxygen atoms in total. The Morgan fingerprint density at radius 3 is 3.00 bits per heavy atom. The van der Waals surface area contributed by atoms with E-state index >= 15 is 0 Å². The Balaban J connectivity index is 2.18. The first kappa shape index (κ1) is 9.83. The highest BCUT2D eigenvalue weighted by Gasteiger charge is 2.27. The van der Waals surface area contributed by atoms with Crippen LogP contribution in [-0.2, 0) is 9.53 Å². The van der Waals surface area contributed by atoms with Crippen molar-refractivity contribution in [2.75, 3.05) is 19.0 Å². The molecule has 0 spiro atoms. The molecule has 2 N–H and O–H groups in total. The molecule has 0 saturated carbocycles. The van der Waals surface area contributed by atoms with Gasteiger partial charge in [0.25, 0.3) is 0 Å². The minimum absolute atomic E-state index is 0.147. The van der Waals surface area contributed by atoms with Gasteiger partial charge in [-0.25, -0.2) is 0 Å². The van der Waals surface area contributed by atoms with E-state index in [1.165, 1.54) is 11.8 Å². The summed E-state index contributed by atoms with van der Waals surface area (Å²) in [5, 5.41) is 17.3. The number of aliphatic hydroxyl groups is 2. The fraction of sp³-hybridized carbons (Fsp3) is 0.857. The predicted molar refractivity (Wildman–Crippen MR) is 44.9 cm³/mol. The van der Waals surface area contributed by atoms with E-state index in [2.05, 4.69) is 0 Å². The van der Waals surface area contributed by atoms with E-state index in [-0.39, 0.29) is 17.8 Å². The Kier molecular flexibility index (Phi) is 3.84. The zero-order valence-corrected chi connectivity index (χ0v) is 7.42. The molecule has 70 valence electrons. The predicted octanol–water partition coefficient (Wildman–Crippen LogP) is -0.612. The number of esters is 1. The van der Waals surface area contributed by atoms with Crippen LogP contribution >= 0.6 is 11.8 Å². The minimum atomic E-state index is -0.733. The van der Waals surface area contributed by atoms with E-state index in [0.717, 1.165) is 0 Å². The van der Waals surface area contributed by atoms with Crippen LogP contribution in [0.25, 0.3) is 0 Å². The van der Waals surface area contributed by atoms with E-state index < -0.39 is 6.10 Å². The SMILES string of the molecule is O=C1OCCC1SCC(O)CO. The summed E-state index contributed by atoms with van der Waals surface area (Å²) < 4.78 is 4.73. The van der Waals surface area contributed by atoms with Crippen LogP contribution < -0.4 is 0 Å². The summed E-state index contributed by atoms with van der Waals surface area (Å²) in [5.74, 6) is 0.182. The van der Waals surface area contributed by atoms with Crippen LogP contribution in [0.4, 0.5) is 0 Å². The summed E-state index contributed by atoms with van der Waals surface area (Å²) in [4.78, 5) is 10.9. The molecule has 0 aromatic heterocycles. The lowest BCUT2D eigenvalue weighted by molar-refractivity contribution is -0.137. The van der Waals surface area contributed by atoms with E-state index in [1.54, 1.807) is 0 Å². The molecule has 1 rings (SSSR count). The summed E-state index contributed by atoms with van der Waals surface area (Å²) in [6.07, 6.45) is -0.0230. The molecule has 1 aliphatic rings. The van der Waals surface area contributed by atoms with E-state index in [4.69, 9.17) is 14.9 Å². The van der Waals surface area contributed by atoms with Crippen molar-refractivity contribution in [3.8, 4) is 0 Å². The lowest BCUT2D eigenvalue weighted by Gasteiger charge is -2.08. The molecule has 0 aliphatic carbocycles. The van der Waals surface area contributed by atoms with Gasteiger partial charge in [0.15, 0.2) is 0 Å². The van der Waals surface area contributed by atoms with Crippen LogP contribution in [0.2, 0.25) is 0 Å². The molecule has 2 unspecified atom stereocenters. The van der Waals surface area contributed by atoms with E-state index in [0.29, 0.717) is 18.8 Å². The van der Waals surface area contributed by atoms with Crippen molar-refractivity contribution in [3.63, 3.8) is 0 Å². The normalized spacial score (nSPS) is 25.5. The number of aliphatic hydroxyl groups excluding tert-OH is 2. The molecule has 2 atom stereocenters. The Bertz CT molecular complexity index is 161. The highest BCUT2D eigenvalue weighted by Crippen LogP contribution is 2.22. The van der Waals surface area contributed by atoms with Crippen molar-refractivity contribution in [1.29, 1.82) is 0 Å². The van der Waals surface area contributed by atoms with Crippen LogP contribution in [0.3, 0.4) is 0 Å². The summed E-state index contributed by atoms with van der Waals surface area (Å²) in [6.45, 7) is 0.223. The van der Waals surface area contributed by atoms with Gasteiger partial charge in [0.2, 0.25) is 0 Å². The highest BCUT2D eigenvalue weighted by molar-refractivity contribution is 8.00. The third-order valence-electron chi connectivity index (χ3n) is 1.59. The van der Waals surface area contributed by atoms with Gasteiger partial charge >= 0.3 is 5.97 Å². The molecule has 12 heavy (non-hydrogen) atoms. The number of hydrogen-bond acceptors (Lipinski definition) is 5. The number of hydrogen-bond donors (Lipinski definition) is 2. The average Bonchev–Trinajstić information content (AvgIpc) is 2.47. The average molecular weight is 192 g/mol. The zero-order chi connectivity index (χ0) is 8.97. The van der Waals surface area contributed by atoms with Crippen molar-refractivity contribution in [2.24, 2.45) is 0 Å². The number of cyclic esters (lactones) is 1. The van der Waals surface area contributed by atoms with Gasteiger partial charge in [-0.2, -0.15) is 0 Å². The van der Waals surface area contributed by atoms with Gasteiger partial charge in [0.05, 0.1) is 19.3 Å². The van der Waals surface area contributed by atoms with Crippen LogP contribution in [-0.4, -0.2) is 46.5 Å². The third-order valence-corrected chi connectivity index (χ3v) is 3.00. The smallest absolute Gasteiger partial charge is 0.319 e. The van der Waals surface area contributed by atoms with E-state index in [1.807, 2.05) is 0 Å². The van der Waals surface area contributed by atoms with Gasteiger partial charge in [-0.1, -0.05) is 0 Å². The van der Waals surface area contributed by atoms with Gasteiger partial charge in [0.1, 0.15) is 5.25 Å². The van der Waals surface area contributed by atoms with Crippen molar-refractivity contribution in [1.82, 2.24) is 0 Å². The first-order valence-corrected chi connectivity index (χ1v) is 4.86. The molecule has 0 bridgehead atoms. The first-order chi connectivity index (χ1) is 5.74. The number of carbonyl (C=O) groups excluding carboxylic acids is 1. The fourth-order valence-electron chi connectivity index (χ4n) is 0.909. The molecular formula is C7H12O4S. The molecule has 5 heteroatoms. The highest BCUT2D eigenvalue weighted by atomic mass is 32.2. The van der Waals surface area contributed by atoms with Crippen LogP contribution in [0.1, 0.15) is 6.42 Å². The molecule has 0 radical (unpaired) electrons. The molecule has 1 saturated heterocycles. The number of thioether (sulfide) groups is 1. The molecule has 0 aromatic carbocycles. The Morgan fingerprint density at radius 2 is 2.50 bits per heavy atom. The maximum Gasteiger partial charge on any atom is 0.319 e. The molecule has 0 aromatic rings. The number of carbonyl (C=O) groups is 1. The monoisotopic (exact) mass is 192 g/mol. The maximum absolute atomic E-state index is 10.9. The molecule has 1 aliphatic heterocycles. The van der Waals surface area contributed by atoms with E-state index in [9.17, 15) is 4.79 Å². The van der Waals surface area contributed by atoms with Crippen LogP contribution in [0, 0.1) is 0 Å². The second-order valence-electron chi connectivity index (χ2n) is 2.61. The lowest BCUT2D eigenvalue weighted by atomic mass is 10.4. The quantitative estimate of drug-likeness (QED) is 0.582. The Labute approximate surface area is 74.9 Å². The third kappa shape index (κ3) is 2.66. The first-order valence-electron chi connectivity index (χ1n) is 3.81. The fourth-order valence-corrected chi connectivity index (χ4v) is 1.94. The Hall–Kier alpha value is -0.260. The maximum atomic E-state index is 10.9. The van der Waals surface area contributed by atoms with Gasteiger partial charge in [-0.3, -0.25) is 4.79 Å². The minimum Gasteiger partial charge on any atom is -0.465 e. The van der Waals surface area contributed by atoms with Gasteiger partial charge in [-0.15, -0.1) is 11.8 Å². The standard InChI is InChI=1S/C7H12O4S/c8-3-5(9)4-12-6-1-2-11-7(6)10/h5-6,8-9H,1-4H2. The second-order valence-corrected chi connectivity index (χ2v) is 3.85. The van der Waals surface area contributed by atoms with Crippen molar-refractivity contribution >= 4 is 17.7 Å². The summed E-state index contributed by atoms with van der Waals surface area (Å²) in [7, 11) is 0. The summed E-state index contributed by atoms with van der Waals surface area (Å²) in [6, 6.07) is 0. The Morgan fingerprint density at radius 1 is 1.75 bits per heavy atom. The molecular weight excluding hydrogens is 180 g/mol. The zero-order valence-electron chi connectivity index (χ0n) is 6.60. The van der Waals surface area contributed by atoms with Gasteiger partial charge in [0, 0.05) is 12.2 Å². The van der Waals surface area contributed by atoms with Gasteiger partial charge in [-0.05, 0) is 0 Å². The number of rotatable bonds is 4. The van der Waals surface area contributed by atoms with Crippen molar-refractivity contribution in [2.45, 2.75) is 17.8 Å².